The molecule has 0 bridgehead atoms. The van der Waals surface area contributed by atoms with E-state index in [0.717, 1.165) is 18.2 Å². The largest absolute Gasteiger partial charge is 0.508 e. The molecule has 2 rings (SSSR count). The van der Waals surface area contributed by atoms with E-state index in [-0.39, 0.29) is 18.8 Å². The van der Waals surface area contributed by atoms with Gasteiger partial charge in [-0.1, -0.05) is 18.2 Å². The van der Waals surface area contributed by atoms with Gasteiger partial charge in [0.2, 0.25) is 10.0 Å². The highest BCUT2D eigenvalue weighted by Gasteiger charge is 2.33. The summed E-state index contributed by atoms with van der Waals surface area (Å²) in [5.41, 5.74) is -0.607. The lowest BCUT2D eigenvalue weighted by molar-refractivity contribution is -0.145. The molecule has 152 valence electrons. The van der Waals surface area contributed by atoms with Gasteiger partial charge in [-0.05, 0) is 49.2 Å². The van der Waals surface area contributed by atoms with Crippen LogP contribution in [0.2, 0.25) is 0 Å². The van der Waals surface area contributed by atoms with E-state index < -0.39 is 38.7 Å². The minimum absolute atomic E-state index is 0.00377. The Kier molecular flexibility index (Phi) is 6.68. The number of phenols is 1. The van der Waals surface area contributed by atoms with Crippen molar-refractivity contribution in [3.05, 3.63) is 59.7 Å². The van der Waals surface area contributed by atoms with Crippen LogP contribution in [0.25, 0.3) is 0 Å². The third-order valence-electron chi connectivity index (χ3n) is 3.72. The van der Waals surface area contributed by atoms with Crippen LogP contribution in [0, 0.1) is 0 Å². The molecule has 0 aromatic heterocycles. The summed E-state index contributed by atoms with van der Waals surface area (Å²) in [5, 5.41) is 9.32. The van der Waals surface area contributed by atoms with Crippen molar-refractivity contribution >= 4 is 16.0 Å². The molecule has 2 N–H and O–H groups in total. The average molecular weight is 417 g/mol. The van der Waals surface area contributed by atoms with Gasteiger partial charge in [0.1, 0.15) is 11.8 Å². The maximum atomic E-state index is 12.9. The Morgan fingerprint density at radius 2 is 1.82 bits per heavy atom. The van der Waals surface area contributed by atoms with E-state index in [9.17, 15) is 31.5 Å². The molecule has 0 amide bonds. The van der Waals surface area contributed by atoms with Crippen molar-refractivity contribution in [3.8, 4) is 5.75 Å². The van der Waals surface area contributed by atoms with Gasteiger partial charge in [-0.15, -0.1) is 0 Å². The van der Waals surface area contributed by atoms with E-state index in [1.54, 1.807) is 0 Å². The number of carbonyl (C=O) groups is 1. The SMILES string of the molecule is CCOC(=O)C(Cc1ccc(O)cc1)NS(=O)(=O)c1cccc(C(F)(F)F)c1. The van der Waals surface area contributed by atoms with Crippen LogP contribution < -0.4 is 4.72 Å². The zero-order valence-corrected chi connectivity index (χ0v) is 15.5. The summed E-state index contributed by atoms with van der Waals surface area (Å²) in [4.78, 5) is 11.5. The first kappa shape index (κ1) is 21.7. The molecule has 0 heterocycles. The Hall–Kier alpha value is -2.59. The molecule has 0 aliphatic rings. The van der Waals surface area contributed by atoms with Gasteiger partial charge >= 0.3 is 12.1 Å². The molecule has 10 heteroatoms. The van der Waals surface area contributed by atoms with Gasteiger partial charge in [-0.3, -0.25) is 4.79 Å². The number of hydrogen-bond donors (Lipinski definition) is 2. The molecule has 0 fully saturated rings. The first-order valence-corrected chi connectivity index (χ1v) is 9.65. The van der Waals surface area contributed by atoms with Gasteiger partial charge in [0.05, 0.1) is 17.1 Å². The fourth-order valence-corrected chi connectivity index (χ4v) is 3.61. The first-order chi connectivity index (χ1) is 13.0. The zero-order chi connectivity index (χ0) is 20.9. The molecule has 0 spiro atoms. The molecule has 0 saturated heterocycles. The molecule has 0 saturated carbocycles. The lowest BCUT2D eigenvalue weighted by Crippen LogP contribution is -2.43. The second kappa shape index (κ2) is 8.61. The minimum atomic E-state index is -4.71. The van der Waals surface area contributed by atoms with Crippen LogP contribution in [0.5, 0.6) is 5.75 Å². The molecule has 28 heavy (non-hydrogen) atoms. The van der Waals surface area contributed by atoms with Gasteiger partial charge in [-0.25, -0.2) is 8.42 Å². The quantitative estimate of drug-likeness (QED) is 0.676. The van der Waals surface area contributed by atoms with Crippen molar-refractivity contribution < 1.29 is 36.2 Å². The maximum absolute atomic E-state index is 12.9. The molecule has 6 nitrogen and oxygen atoms in total. The van der Waals surface area contributed by atoms with Gasteiger partial charge in [0.15, 0.2) is 0 Å². The van der Waals surface area contributed by atoms with E-state index in [1.165, 1.54) is 31.2 Å². The molecule has 1 unspecified atom stereocenters. The molecule has 0 aliphatic carbocycles. The van der Waals surface area contributed by atoms with Gasteiger partial charge < -0.3 is 9.84 Å². The van der Waals surface area contributed by atoms with Crippen molar-refractivity contribution in [1.82, 2.24) is 4.72 Å². The maximum Gasteiger partial charge on any atom is 0.416 e. The Balaban J connectivity index is 2.31. The predicted molar refractivity (Wildman–Crippen MR) is 94.0 cm³/mol. The van der Waals surface area contributed by atoms with Crippen LogP contribution >= 0.6 is 0 Å². The van der Waals surface area contributed by atoms with Crippen LogP contribution in [0.15, 0.2) is 53.4 Å². The first-order valence-electron chi connectivity index (χ1n) is 8.17. The van der Waals surface area contributed by atoms with E-state index in [4.69, 9.17) is 4.74 Å². The highest BCUT2D eigenvalue weighted by Crippen LogP contribution is 2.30. The zero-order valence-electron chi connectivity index (χ0n) is 14.7. The Morgan fingerprint density at radius 3 is 2.39 bits per heavy atom. The second-order valence-electron chi connectivity index (χ2n) is 5.82. The number of nitrogens with one attached hydrogen (secondary N) is 1. The predicted octanol–water partition coefficient (Wildman–Crippen LogP) is 2.86. The van der Waals surface area contributed by atoms with E-state index >= 15 is 0 Å². The number of alkyl halides is 3. The smallest absolute Gasteiger partial charge is 0.416 e. The van der Waals surface area contributed by atoms with Crippen molar-refractivity contribution in [1.29, 1.82) is 0 Å². The number of aromatic hydroxyl groups is 1. The van der Waals surface area contributed by atoms with Crippen molar-refractivity contribution in [2.75, 3.05) is 6.61 Å². The van der Waals surface area contributed by atoms with Crippen molar-refractivity contribution in [2.45, 2.75) is 30.5 Å². The number of carbonyl (C=O) groups excluding carboxylic acids is 1. The van der Waals surface area contributed by atoms with Gasteiger partial charge in [0.25, 0.3) is 0 Å². The molecular weight excluding hydrogens is 399 g/mol. The van der Waals surface area contributed by atoms with Crippen molar-refractivity contribution in [2.24, 2.45) is 0 Å². The molecule has 2 aromatic rings. The molecule has 0 aliphatic heterocycles. The fourth-order valence-electron chi connectivity index (χ4n) is 2.38. The van der Waals surface area contributed by atoms with Crippen LogP contribution in [-0.4, -0.2) is 32.1 Å². The van der Waals surface area contributed by atoms with E-state index in [2.05, 4.69) is 4.72 Å². The normalized spacial score (nSPS) is 13.1. The summed E-state index contributed by atoms with van der Waals surface area (Å²) in [5.74, 6) is -0.882. The van der Waals surface area contributed by atoms with Gasteiger partial charge in [-0.2, -0.15) is 17.9 Å². The highest BCUT2D eigenvalue weighted by atomic mass is 32.2. The monoisotopic (exact) mass is 417 g/mol. The standard InChI is InChI=1S/C18H18F3NO5S/c1-2-27-17(24)16(10-12-6-8-14(23)9-7-12)22-28(25,26)15-5-3-4-13(11-15)18(19,20)21/h3-9,11,16,22-23H,2,10H2,1H3. The minimum Gasteiger partial charge on any atom is -0.508 e. The molecule has 1 atom stereocenters. The molecular formula is C18H18F3NO5S. The Labute approximate surface area is 160 Å². The van der Waals surface area contributed by atoms with Crippen LogP contribution in [0.3, 0.4) is 0 Å². The second-order valence-corrected chi connectivity index (χ2v) is 7.54. The number of halogens is 3. The Morgan fingerprint density at radius 1 is 1.18 bits per heavy atom. The highest BCUT2D eigenvalue weighted by molar-refractivity contribution is 7.89. The summed E-state index contributed by atoms with van der Waals surface area (Å²) in [7, 11) is -4.43. The summed E-state index contributed by atoms with van der Waals surface area (Å²) in [6.07, 6.45) is -4.82. The number of benzene rings is 2. The number of ether oxygens (including phenoxy) is 1. The van der Waals surface area contributed by atoms with Crippen LogP contribution in [-0.2, 0) is 32.2 Å². The lowest BCUT2D eigenvalue weighted by Gasteiger charge is -2.18. The topological polar surface area (TPSA) is 92.7 Å². The molecule has 2 aromatic carbocycles. The third-order valence-corrected chi connectivity index (χ3v) is 5.19. The van der Waals surface area contributed by atoms with E-state index in [0.29, 0.717) is 11.6 Å². The Bertz CT molecular complexity index is 927. The summed E-state index contributed by atoms with van der Waals surface area (Å²) >= 11 is 0. The molecule has 0 radical (unpaired) electrons. The number of rotatable bonds is 7. The third kappa shape index (κ3) is 5.70. The number of esters is 1. The number of phenolic OH excluding ortho intramolecular Hbond substituents is 1. The summed E-state index contributed by atoms with van der Waals surface area (Å²) in [6.45, 7) is 1.53. The lowest BCUT2D eigenvalue weighted by atomic mass is 10.1. The summed E-state index contributed by atoms with van der Waals surface area (Å²) in [6, 6.07) is 7.54. The fraction of sp³-hybridized carbons (Fsp3) is 0.278. The van der Waals surface area contributed by atoms with Gasteiger partial charge in [0, 0.05) is 0 Å². The average Bonchev–Trinajstić information content (AvgIpc) is 2.62. The van der Waals surface area contributed by atoms with Crippen LogP contribution in [0.4, 0.5) is 13.2 Å². The van der Waals surface area contributed by atoms with E-state index in [1.807, 2.05) is 0 Å². The van der Waals surface area contributed by atoms with Crippen molar-refractivity contribution in [3.63, 3.8) is 0 Å². The summed E-state index contributed by atoms with van der Waals surface area (Å²) < 4.78 is 70.6. The number of hydrogen-bond acceptors (Lipinski definition) is 5. The van der Waals surface area contributed by atoms with Crippen LogP contribution in [0.1, 0.15) is 18.1 Å². The number of sulfonamides is 1.